The van der Waals surface area contributed by atoms with Gasteiger partial charge in [0.1, 0.15) is 0 Å². The average molecular weight is 419 g/mol. The molecule has 0 radical (unpaired) electrons. The zero-order valence-electron chi connectivity index (χ0n) is 13.8. The highest BCUT2D eigenvalue weighted by molar-refractivity contribution is 9.10. The Morgan fingerprint density at radius 3 is 2.46 bits per heavy atom. The SMILES string of the molecule is CC(CC(=O)NCC(=O)Nc1ccc(Br)cc1)C1CCNCC1.Cl. The molecule has 1 aliphatic heterocycles. The normalized spacial score (nSPS) is 15.9. The number of nitrogens with one attached hydrogen (secondary N) is 3. The van der Waals surface area contributed by atoms with Gasteiger partial charge < -0.3 is 16.0 Å². The van der Waals surface area contributed by atoms with Crippen molar-refractivity contribution in [2.45, 2.75) is 26.2 Å². The second-order valence-corrected chi connectivity index (χ2v) is 7.02. The van der Waals surface area contributed by atoms with Crippen molar-refractivity contribution in [2.24, 2.45) is 11.8 Å². The molecule has 0 bridgehead atoms. The van der Waals surface area contributed by atoms with Crippen molar-refractivity contribution in [1.29, 1.82) is 0 Å². The summed E-state index contributed by atoms with van der Waals surface area (Å²) in [5.41, 5.74) is 0.718. The second kappa shape index (κ2) is 10.7. The highest BCUT2D eigenvalue weighted by atomic mass is 79.9. The highest BCUT2D eigenvalue weighted by Gasteiger charge is 2.22. The summed E-state index contributed by atoms with van der Waals surface area (Å²) in [5.74, 6) is 0.683. The van der Waals surface area contributed by atoms with Crippen molar-refractivity contribution in [1.82, 2.24) is 10.6 Å². The third-order valence-corrected chi connectivity index (χ3v) is 4.80. The third-order valence-electron chi connectivity index (χ3n) is 4.27. The van der Waals surface area contributed by atoms with Gasteiger partial charge in [-0.05, 0) is 62.0 Å². The van der Waals surface area contributed by atoms with Crippen LogP contribution < -0.4 is 16.0 Å². The number of halogens is 2. The van der Waals surface area contributed by atoms with Crippen LogP contribution in [0.15, 0.2) is 28.7 Å². The molecule has 1 unspecified atom stereocenters. The molecule has 1 aromatic carbocycles. The van der Waals surface area contributed by atoms with E-state index in [1.165, 1.54) is 0 Å². The Morgan fingerprint density at radius 1 is 1.21 bits per heavy atom. The fourth-order valence-corrected chi connectivity index (χ4v) is 3.13. The smallest absolute Gasteiger partial charge is 0.243 e. The predicted octanol–water partition coefficient (Wildman–Crippen LogP) is 2.95. The van der Waals surface area contributed by atoms with Crippen LogP contribution in [0.5, 0.6) is 0 Å². The van der Waals surface area contributed by atoms with E-state index >= 15 is 0 Å². The summed E-state index contributed by atoms with van der Waals surface area (Å²) in [6.07, 6.45) is 2.73. The summed E-state index contributed by atoms with van der Waals surface area (Å²) in [4.78, 5) is 23.8. The van der Waals surface area contributed by atoms with E-state index < -0.39 is 0 Å². The second-order valence-electron chi connectivity index (χ2n) is 6.10. The van der Waals surface area contributed by atoms with Gasteiger partial charge in [-0.25, -0.2) is 0 Å². The van der Waals surface area contributed by atoms with Gasteiger partial charge in [-0.2, -0.15) is 0 Å². The molecule has 1 aliphatic rings. The maximum atomic E-state index is 12.0. The number of carbonyl (C=O) groups excluding carboxylic acids is 2. The fourth-order valence-electron chi connectivity index (χ4n) is 2.86. The number of piperidine rings is 1. The van der Waals surface area contributed by atoms with Gasteiger partial charge in [0.2, 0.25) is 11.8 Å². The molecule has 1 heterocycles. The molecule has 7 heteroatoms. The van der Waals surface area contributed by atoms with Crippen LogP contribution in [0.1, 0.15) is 26.2 Å². The molecule has 2 amide bonds. The maximum absolute atomic E-state index is 12.0. The van der Waals surface area contributed by atoms with Gasteiger partial charge in [0, 0.05) is 16.6 Å². The molecular weight excluding hydrogens is 394 g/mol. The number of benzene rings is 1. The molecule has 5 nitrogen and oxygen atoms in total. The van der Waals surface area contributed by atoms with Gasteiger partial charge in [-0.15, -0.1) is 12.4 Å². The van der Waals surface area contributed by atoms with Gasteiger partial charge in [0.15, 0.2) is 0 Å². The Kier molecular flexibility index (Phi) is 9.33. The van der Waals surface area contributed by atoms with Crippen LogP contribution in [0.2, 0.25) is 0 Å². The number of amides is 2. The number of carbonyl (C=O) groups is 2. The lowest BCUT2D eigenvalue weighted by atomic mass is 9.84. The third kappa shape index (κ3) is 7.20. The average Bonchev–Trinajstić information content (AvgIpc) is 2.56. The van der Waals surface area contributed by atoms with Crippen molar-refractivity contribution in [3.05, 3.63) is 28.7 Å². The maximum Gasteiger partial charge on any atom is 0.243 e. The molecule has 0 aromatic heterocycles. The molecule has 1 aromatic rings. The Morgan fingerprint density at radius 2 is 1.83 bits per heavy atom. The Balaban J connectivity index is 0.00000288. The van der Waals surface area contributed by atoms with E-state index in [0.717, 1.165) is 36.1 Å². The van der Waals surface area contributed by atoms with Crippen LogP contribution in [-0.2, 0) is 9.59 Å². The van der Waals surface area contributed by atoms with E-state index in [4.69, 9.17) is 0 Å². The summed E-state index contributed by atoms with van der Waals surface area (Å²) < 4.78 is 0.954. The molecular formula is C17H25BrClN3O2. The summed E-state index contributed by atoms with van der Waals surface area (Å²) in [6.45, 7) is 4.20. The first-order chi connectivity index (χ1) is 11.0. The standard InChI is InChI=1S/C17H24BrN3O2.ClH/c1-12(13-6-8-19-9-7-13)10-16(22)20-11-17(23)21-15-4-2-14(18)3-5-15;/h2-5,12-13,19H,6-11H2,1H3,(H,20,22)(H,21,23);1H. The monoisotopic (exact) mass is 417 g/mol. The molecule has 1 saturated heterocycles. The van der Waals surface area contributed by atoms with Crippen LogP contribution in [0.4, 0.5) is 5.69 Å². The predicted molar refractivity (Wildman–Crippen MR) is 102 cm³/mol. The minimum atomic E-state index is -0.213. The van der Waals surface area contributed by atoms with E-state index in [2.05, 4.69) is 38.8 Å². The van der Waals surface area contributed by atoms with Crippen molar-refractivity contribution in [3.8, 4) is 0 Å². The highest BCUT2D eigenvalue weighted by Crippen LogP contribution is 2.24. The van der Waals surface area contributed by atoms with E-state index in [1.54, 1.807) is 0 Å². The lowest BCUT2D eigenvalue weighted by Crippen LogP contribution is -2.36. The Bertz CT molecular complexity index is 533. The topological polar surface area (TPSA) is 70.2 Å². The van der Waals surface area contributed by atoms with E-state index in [-0.39, 0.29) is 30.8 Å². The summed E-state index contributed by atoms with van der Waals surface area (Å²) in [5, 5.41) is 8.80. The van der Waals surface area contributed by atoms with Crippen molar-refractivity contribution in [3.63, 3.8) is 0 Å². The van der Waals surface area contributed by atoms with Crippen LogP contribution in [0.3, 0.4) is 0 Å². The molecule has 1 atom stereocenters. The van der Waals surface area contributed by atoms with Gasteiger partial charge in [0.25, 0.3) is 0 Å². The first-order valence-corrected chi connectivity index (χ1v) is 8.86. The Hall–Kier alpha value is -1.11. The van der Waals surface area contributed by atoms with Crippen LogP contribution in [-0.4, -0.2) is 31.4 Å². The van der Waals surface area contributed by atoms with E-state index in [9.17, 15) is 9.59 Å². The van der Waals surface area contributed by atoms with Crippen molar-refractivity contribution < 1.29 is 9.59 Å². The van der Waals surface area contributed by atoms with Crippen molar-refractivity contribution in [2.75, 3.05) is 25.0 Å². The van der Waals surface area contributed by atoms with Crippen molar-refractivity contribution >= 4 is 45.8 Å². The Labute approximate surface area is 157 Å². The van der Waals surface area contributed by atoms with Gasteiger partial charge in [0.05, 0.1) is 6.54 Å². The van der Waals surface area contributed by atoms with E-state index in [0.29, 0.717) is 18.3 Å². The molecule has 0 spiro atoms. The quantitative estimate of drug-likeness (QED) is 0.665. The zero-order valence-corrected chi connectivity index (χ0v) is 16.2. The van der Waals surface area contributed by atoms with Crippen LogP contribution in [0.25, 0.3) is 0 Å². The summed E-state index contributed by atoms with van der Waals surface area (Å²) >= 11 is 3.34. The van der Waals surface area contributed by atoms with Gasteiger partial charge in [-0.1, -0.05) is 22.9 Å². The molecule has 2 rings (SSSR count). The van der Waals surface area contributed by atoms with E-state index in [1.807, 2.05) is 24.3 Å². The van der Waals surface area contributed by atoms with Crippen LogP contribution in [0, 0.1) is 11.8 Å². The molecule has 3 N–H and O–H groups in total. The minimum absolute atomic E-state index is 0. The number of hydrogen-bond acceptors (Lipinski definition) is 3. The molecule has 0 aliphatic carbocycles. The molecule has 134 valence electrons. The van der Waals surface area contributed by atoms with Gasteiger partial charge in [-0.3, -0.25) is 9.59 Å². The minimum Gasteiger partial charge on any atom is -0.347 e. The largest absolute Gasteiger partial charge is 0.347 e. The first kappa shape index (κ1) is 20.9. The van der Waals surface area contributed by atoms with Crippen LogP contribution >= 0.6 is 28.3 Å². The molecule has 0 saturated carbocycles. The fraction of sp³-hybridized carbons (Fsp3) is 0.529. The lowest BCUT2D eigenvalue weighted by Gasteiger charge is -2.27. The number of anilines is 1. The number of hydrogen-bond donors (Lipinski definition) is 3. The number of rotatable bonds is 6. The first-order valence-electron chi connectivity index (χ1n) is 8.07. The molecule has 1 fully saturated rings. The molecule has 24 heavy (non-hydrogen) atoms. The summed E-state index contributed by atoms with van der Waals surface area (Å²) in [6, 6.07) is 7.33. The zero-order chi connectivity index (χ0) is 16.7. The summed E-state index contributed by atoms with van der Waals surface area (Å²) in [7, 11) is 0. The lowest BCUT2D eigenvalue weighted by molar-refractivity contribution is -0.125. The van der Waals surface area contributed by atoms with Gasteiger partial charge >= 0.3 is 0 Å².